The monoisotopic (exact) mass is 262 g/mol. The Balaban J connectivity index is 2.51. The number of imidazole rings is 1. The number of aromatic carboxylic acids is 1. The highest BCUT2D eigenvalue weighted by Crippen LogP contribution is 2.34. The summed E-state index contributed by atoms with van der Waals surface area (Å²) in [6.07, 6.45) is 1.48. The van der Waals surface area contributed by atoms with E-state index in [2.05, 4.69) is 9.97 Å². The van der Waals surface area contributed by atoms with Crippen molar-refractivity contribution in [2.75, 3.05) is 14.2 Å². The number of rotatable bonds is 4. The number of nitrogens with zero attached hydrogens (tertiary/aromatic N) is 1. The van der Waals surface area contributed by atoms with Gasteiger partial charge in [-0.05, 0) is 24.6 Å². The highest BCUT2D eigenvalue weighted by Gasteiger charge is 2.14. The summed E-state index contributed by atoms with van der Waals surface area (Å²) in [7, 11) is 3.11. The molecule has 0 spiro atoms. The van der Waals surface area contributed by atoms with Crippen LogP contribution in [0.25, 0.3) is 11.3 Å². The van der Waals surface area contributed by atoms with Crippen molar-refractivity contribution in [2.24, 2.45) is 0 Å². The number of H-pyrrole nitrogens is 1. The summed E-state index contributed by atoms with van der Waals surface area (Å²) in [4.78, 5) is 17.4. The van der Waals surface area contributed by atoms with Gasteiger partial charge < -0.3 is 19.6 Å². The van der Waals surface area contributed by atoms with Gasteiger partial charge in [-0.2, -0.15) is 0 Å². The summed E-state index contributed by atoms with van der Waals surface area (Å²) < 4.78 is 10.4. The summed E-state index contributed by atoms with van der Waals surface area (Å²) >= 11 is 0. The summed E-state index contributed by atoms with van der Waals surface area (Å²) in [6, 6.07) is 3.61. The molecule has 6 heteroatoms. The molecule has 0 atom stereocenters. The smallest absolute Gasteiger partial charge is 0.371 e. The van der Waals surface area contributed by atoms with Crippen LogP contribution in [0.2, 0.25) is 0 Å². The van der Waals surface area contributed by atoms with E-state index in [9.17, 15) is 4.79 Å². The number of carboxylic acids is 1. The van der Waals surface area contributed by atoms with Crippen LogP contribution < -0.4 is 9.47 Å². The molecule has 1 aromatic heterocycles. The highest BCUT2D eigenvalue weighted by atomic mass is 16.5. The molecule has 0 bridgehead atoms. The van der Waals surface area contributed by atoms with Crippen LogP contribution in [0.5, 0.6) is 11.5 Å². The Labute approximate surface area is 110 Å². The van der Waals surface area contributed by atoms with Crippen LogP contribution in [0, 0.1) is 6.92 Å². The van der Waals surface area contributed by atoms with Gasteiger partial charge in [-0.3, -0.25) is 0 Å². The van der Waals surface area contributed by atoms with E-state index >= 15 is 0 Å². The van der Waals surface area contributed by atoms with Gasteiger partial charge in [-0.1, -0.05) is 0 Å². The largest absolute Gasteiger partial charge is 0.493 e. The van der Waals surface area contributed by atoms with Gasteiger partial charge in [0.2, 0.25) is 5.82 Å². The maximum Gasteiger partial charge on any atom is 0.371 e. The first-order valence-corrected chi connectivity index (χ1v) is 5.58. The first-order chi connectivity index (χ1) is 9.06. The topological polar surface area (TPSA) is 84.4 Å². The zero-order valence-electron chi connectivity index (χ0n) is 10.9. The minimum Gasteiger partial charge on any atom is -0.493 e. The second-order valence-corrected chi connectivity index (χ2v) is 3.97. The van der Waals surface area contributed by atoms with Gasteiger partial charge in [0.15, 0.2) is 11.5 Å². The van der Waals surface area contributed by atoms with Crippen LogP contribution in [-0.4, -0.2) is 35.3 Å². The van der Waals surface area contributed by atoms with Gasteiger partial charge >= 0.3 is 5.97 Å². The van der Waals surface area contributed by atoms with Crippen molar-refractivity contribution in [1.82, 2.24) is 9.97 Å². The number of nitrogens with one attached hydrogen (secondary N) is 1. The number of carbonyl (C=O) groups is 1. The third-order valence-corrected chi connectivity index (χ3v) is 2.80. The molecule has 0 aliphatic carbocycles. The van der Waals surface area contributed by atoms with Crippen molar-refractivity contribution in [2.45, 2.75) is 6.92 Å². The lowest BCUT2D eigenvalue weighted by Gasteiger charge is -2.11. The lowest BCUT2D eigenvalue weighted by atomic mass is 10.1. The minimum atomic E-state index is -1.09. The van der Waals surface area contributed by atoms with E-state index in [1.54, 1.807) is 20.3 Å². The molecule has 0 saturated heterocycles. The molecular formula is C13H14N2O4. The fourth-order valence-corrected chi connectivity index (χ4v) is 1.84. The van der Waals surface area contributed by atoms with Gasteiger partial charge in [-0.25, -0.2) is 9.78 Å². The third-order valence-electron chi connectivity index (χ3n) is 2.80. The van der Waals surface area contributed by atoms with Gasteiger partial charge in [0.25, 0.3) is 0 Å². The summed E-state index contributed by atoms with van der Waals surface area (Å²) in [5, 5.41) is 8.86. The zero-order valence-corrected chi connectivity index (χ0v) is 10.9. The van der Waals surface area contributed by atoms with Crippen LogP contribution in [0.1, 0.15) is 16.2 Å². The molecule has 2 rings (SSSR count). The Morgan fingerprint density at radius 1 is 1.26 bits per heavy atom. The maximum atomic E-state index is 10.8. The molecule has 0 amide bonds. The van der Waals surface area contributed by atoms with Crippen LogP contribution in [0.4, 0.5) is 0 Å². The Morgan fingerprint density at radius 3 is 2.42 bits per heavy atom. The molecule has 1 heterocycles. The average molecular weight is 262 g/mol. The molecule has 0 unspecified atom stereocenters. The van der Waals surface area contributed by atoms with Crippen LogP contribution in [-0.2, 0) is 0 Å². The molecule has 2 N–H and O–H groups in total. The van der Waals surface area contributed by atoms with E-state index in [4.69, 9.17) is 14.6 Å². The first-order valence-electron chi connectivity index (χ1n) is 5.58. The summed E-state index contributed by atoms with van der Waals surface area (Å²) in [5.74, 6) is 0.0184. The molecule has 100 valence electrons. The van der Waals surface area contributed by atoms with E-state index in [0.29, 0.717) is 17.2 Å². The lowest BCUT2D eigenvalue weighted by molar-refractivity contribution is 0.0685. The molecule has 0 saturated carbocycles. The molecule has 19 heavy (non-hydrogen) atoms. The average Bonchev–Trinajstić information content (AvgIpc) is 2.87. The van der Waals surface area contributed by atoms with E-state index < -0.39 is 5.97 Å². The Kier molecular flexibility index (Phi) is 3.41. The molecular weight excluding hydrogens is 248 g/mol. The van der Waals surface area contributed by atoms with Gasteiger partial charge in [0.1, 0.15) is 0 Å². The van der Waals surface area contributed by atoms with Crippen molar-refractivity contribution in [3.05, 3.63) is 29.7 Å². The second kappa shape index (κ2) is 5.01. The number of hydrogen-bond acceptors (Lipinski definition) is 4. The van der Waals surface area contributed by atoms with Crippen molar-refractivity contribution in [3.63, 3.8) is 0 Å². The summed E-state index contributed by atoms with van der Waals surface area (Å²) in [5.41, 5.74) is 2.37. The third kappa shape index (κ3) is 2.37. The predicted molar refractivity (Wildman–Crippen MR) is 68.8 cm³/mol. The van der Waals surface area contributed by atoms with E-state index in [0.717, 1.165) is 11.1 Å². The minimum absolute atomic E-state index is 0.0933. The zero-order chi connectivity index (χ0) is 14.0. The van der Waals surface area contributed by atoms with Crippen molar-refractivity contribution >= 4 is 5.97 Å². The molecule has 0 aliphatic heterocycles. The molecule has 6 nitrogen and oxygen atoms in total. The SMILES string of the molecule is COc1cc(C)c(-c2cnc(C(=O)O)[nH]2)cc1OC. The Morgan fingerprint density at radius 2 is 1.89 bits per heavy atom. The number of aromatic nitrogens is 2. The standard InChI is InChI=1S/C13H14N2O4/c1-7-4-10(18-2)11(19-3)5-8(7)9-6-14-12(15-9)13(16)17/h4-6H,1-3H3,(H,14,15)(H,16,17). The van der Waals surface area contributed by atoms with Gasteiger partial charge in [-0.15, -0.1) is 0 Å². The second-order valence-electron chi connectivity index (χ2n) is 3.97. The first kappa shape index (κ1) is 12.9. The van der Waals surface area contributed by atoms with E-state index in [1.807, 2.05) is 13.0 Å². The Bertz CT molecular complexity index is 619. The predicted octanol–water partition coefficient (Wildman–Crippen LogP) is 2.10. The fraction of sp³-hybridized carbons (Fsp3) is 0.231. The molecule has 2 aromatic rings. The molecule has 0 fully saturated rings. The van der Waals surface area contributed by atoms with Crippen LogP contribution in [0.15, 0.2) is 18.3 Å². The van der Waals surface area contributed by atoms with E-state index in [-0.39, 0.29) is 5.82 Å². The number of aryl methyl sites for hydroxylation is 1. The fourth-order valence-electron chi connectivity index (χ4n) is 1.84. The van der Waals surface area contributed by atoms with Crippen LogP contribution in [0.3, 0.4) is 0 Å². The normalized spacial score (nSPS) is 10.3. The van der Waals surface area contributed by atoms with E-state index in [1.165, 1.54) is 6.20 Å². The number of carboxylic acid groups (broad SMARTS) is 1. The number of hydrogen-bond donors (Lipinski definition) is 2. The quantitative estimate of drug-likeness (QED) is 0.881. The highest BCUT2D eigenvalue weighted by molar-refractivity contribution is 5.84. The number of methoxy groups -OCH3 is 2. The van der Waals surface area contributed by atoms with Crippen molar-refractivity contribution < 1.29 is 19.4 Å². The van der Waals surface area contributed by atoms with Crippen LogP contribution >= 0.6 is 0 Å². The van der Waals surface area contributed by atoms with Crippen molar-refractivity contribution in [1.29, 1.82) is 0 Å². The molecule has 0 radical (unpaired) electrons. The number of ether oxygens (including phenoxy) is 2. The Hall–Kier alpha value is -2.50. The molecule has 1 aromatic carbocycles. The van der Waals surface area contributed by atoms with Gasteiger partial charge in [0, 0.05) is 5.56 Å². The van der Waals surface area contributed by atoms with Gasteiger partial charge in [0.05, 0.1) is 26.1 Å². The molecule has 0 aliphatic rings. The lowest BCUT2D eigenvalue weighted by Crippen LogP contribution is -1.98. The summed E-state index contributed by atoms with van der Waals surface area (Å²) in [6.45, 7) is 1.90. The number of aromatic amines is 1. The van der Waals surface area contributed by atoms with Crippen molar-refractivity contribution in [3.8, 4) is 22.8 Å². The maximum absolute atomic E-state index is 10.8. The number of benzene rings is 1.